The van der Waals surface area contributed by atoms with Crippen LogP contribution in [0.15, 0.2) is 0 Å². The standard InChI is InChI=1S/C23H35NO9/c1-13-6-7-16-14(2)20(29-19(28)9-8-17(25)24-12-4-5-18(26)27)30-21-23(16)15(13)10-11-22(3,31-21)32-33-23/h13-16,20-21H,4-12H2,1-3H3,(H,24,25)(H,26,27)/t13-,14+,15+,16-,20-,21+,22-,23+/m1/s1. The molecule has 8 atom stereocenters. The highest BCUT2D eigenvalue weighted by Gasteiger charge is 2.69. The highest BCUT2D eigenvalue weighted by atomic mass is 17.3. The molecule has 1 saturated carbocycles. The summed E-state index contributed by atoms with van der Waals surface area (Å²) in [6.07, 6.45) is 2.30. The molecule has 10 nitrogen and oxygen atoms in total. The van der Waals surface area contributed by atoms with Crippen LogP contribution >= 0.6 is 0 Å². The van der Waals surface area contributed by atoms with Gasteiger partial charge in [-0.05, 0) is 44.4 Å². The smallest absolute Gasteiger partial charge is 0.308 e. The Balaban J connectivity index is 1.35. The molecule has 5 fully saturated rings. The van der Waals surface area contributed by atoms with Crippen LogP contribution in [0, 0.1) is 23.7 Å². The van der Waals surface area contributed by atoms with E-state index in [-0.39, 0.29) is 49.5 Å². The topological polar surface area (TPSA) is 130 Å². The molecular weight excluding hydrogens is 434 g/mol. The number of nitrogens with one attached hydrogen (secondary N) is 1. The molecule has 4 aliphatic heterocycles. The van der Waals surface area contributed by atoms with Crippen molar-refractivity contribution in [1.82, 2.24) is 5.32 Å². The van der Waals surface area contributed by atoms with Crippen molar-refractivity contribution in [3.8, 4) is 0 Å². The van der Waals surface area contributed by atoms with Crippen LogP contribution < -0.4 is 5.32 Å². The molecule has 0 aromatic carbocycles. The van der Waals surface area contributed by atoms with Crippen molar-refractivity contribution in [3.05, 3.63) is 0 Å². The van der Waals surface area contributed by atoms with Crippen molar-refractivity contribution in [2.24, 2.45) is 23.7 Å². The largest absolute Gasteiger partial charge is 0.481 e. The van der Waals surface area contributed by atoms with Crippen LogP contribution in [-0.4, -0.2) is 53.5 Å². The minimum Gasteiger partial charge on any atom is -0.481 e. The van der Waals surface area contributed by atoms with Gasteiger partial charge in [-0.15, -0.1) is 0 Å². The number of rotatable bonds is 8. The third-order valence-corrected chi connectivity index (χ3v) is 7.79. The Morgan fingerprint density at radius 3 is 2.61 bits per heavy atom. The normalized spacial score (nSPS) is 41.5. The molecule has 1 amide bonds. The fourth-order valence-electron chi connectivity index (χ4n) is 5.97. The van der Waals surface area contributed by atoms with Gasteiger partial charge < -0.3 is 24.6 Å². The van der Waals surface area contributed by atoms with Crippen molar-refractivity contribution in [1.29, 1.82) is 0 Å². The molecule has 4 heterocycles. The maximum Gasteiger partial charge on any atom is 0.308 e. The van der Waals surface area contributed by atoms with Gasteiger partial charge >= 0.3 is 11.9 Å². The molecule has 1 aliphatic carbocycles. The third-order valence-electron chi connectivity index (χ3n) is 7.79. The van der Waals surface area contributed by atoms with E-state index in [1.54, 1.807) is 0 Å². The fraction of sp³-hybridized carbons (Fsp3) is 0.870. The highest BCUT2D eigenvalue weighted by Crippen LogP contribution is 2.60. The fourth-order valence-corrected chi connectivity index (χ4v) is 5.97. The molecule has 0 unspecified atom stereocenters. The summed E-state index contributed by atoms with van der Waals surface area (Å²) in [5, 5.41) is 11.2. The van der Waals surface area contributed by atoms with E-state index in [1.807, 2.05) is 13.8 Å². The summed E-state index contributed by atoms with van der Waals surface area (Å²) >= 11 is 0. The number of carboxylic acid groups (broad SMARTS) is 1. The summed E-state index contributed by atoms with van der Waals surface area (Å²) in [5.41, 5.74) is -0.716. The third kappa shape index (κ3) is 4.76. The van der Waals surface area contributed by atoms with Crippen LogP contribution in [0.4, 0.5) is 0 Å². The first-order valence-electron chi connectivity index (χ1n) is 12.0. The summed E-state index contributed by atoms with van der Waals surface area (Å²) in [7, 11) is 0. The summed E-state index contributed by atoms with van der Waals surface area (Å²) < 4.78 is 18.1. The van der Waals surface area contributed by atoms with E-state index in [1.165, 1.54) is 0 Å². The van der Waals surface area contributed by atoms with Gasteiger partial charge in [0, 0.05) is 37.6 Å². The van der Waals surface area contributed by atoms with Crippen LogP contribution in [0.5, 0.6) is 0 Å². The Morgan fingerprint density at radius 2 is 1.85 bits per heavy atom. The molecule has 0 aromatic heterocycles. The average molecular weight is 470 g/mol. The summed E-state index contributed by atoms with van der Waals surface area (Å²) in [4.78, 5) is 46.8. The van der Waals surface area contributed by atoms with E-state index in [0.717, 1.165) is 19.3 Å². The zero-order chi connectivity index (χ0) is 23.8. The number of carbonyl (C=O) groups is 3. The number of hydrogen-bond donors (Lipinski definition) is 2. The summed E-state index contributed by atoms with van der Waals surface area (Å²) in [6.45, 7) is 6.33. The number of carboxylic acids is 1. The number of aliphatic carboxylic acids is 1. The number of esters is 1. The second-order valence-corrected chi connectivity index (χ2v) is 10.1. The molecule has 2 N–H and O–H groups in total. The molecular formula is C23H35NO9. The lowest BCUT2D eigenvalue weighted by molar-refractivity contribution is -0.576. The van der Waals surface area contributed by atoms with E-state index in [0.29, 0.717) is 18.8 Å². The van der Waals surface area contributed by atoms with Crippen LogP contribution in [0.3, 0.4) is 0 Å². The van der Waals surface area contributed by atoms with Crippen LogP contribution in [0.2, 0.25) is 0 Å². The quantitative estimate of drug-likeness (QED) is 0.313. The summed E-state index contributed by atoms with van der Waals surface area (Å²) in [6, 6.07) is 0. The number of amides is 1. The van der Waals surface area contributed by atoms with Gasteiger partial charge in [0.15, 0.2) is 11.9 Å². The van der Waals surface area contributed by atoms with Gasteiger partial charge in [-0.2, -0.15) is 0 Å². The van der Waals surface area contributed by atoms with Gasteiger partial charge in [0.25, 0.3) is 0 Å². The Kier molecular flexibility index (Phi) is 7.00. The molecule has 2 bridgehead atoms. The van der Waals surface area contributed by atoms with Gasteiger partial charge in [-0.25, -0.2) is 9.78 Å². The Labute approximate surface area is 193 Å². The first-order valence-corrected chi connectivity index (χ1v) is 12.0. The molecule has 186 valence electrons. The zero-order valence-electron chi connectivity index (χ0n) is 19.5. The number of hydrogen-bond acceptors (Lipinski definition) is 8. The second-order valence-electron chi connectivity index (χ2n) is 10.1. The van der Waals surface area contributed by atoms with Crippen LogP contribution in [0.1, 0.15) is 72.1 Å². The average Bonchev–Trinajstić information content (AvgIpc) is 2.99. The molecule has 0 radical (unpaired) electrons. The lowest BCUT2D eigenvalue weighted by Crippen LogP contribution is -2.70. The second kappa shape index (κ2) is 9.48. The first-order chi connectivity index (χ1) is 15.6. The Hall–Kier alpha value is -1.75. The minimum atomic E-state index is -0.910. The van der Waals surface area contributed by atoms with Gasteiger partial charge in [0.05, 0.1) is 6.42 Å². The lowest BCUT2D eigenvalue weighted by Gasteiger charge is -2.59. The van der Waals surface area contributed by atoms with Crippen molar-refractivity contribution in [3.63, 3.8) is 0 Å². The van der Waals surface area contributed by atoms with Crippen molar-refractivity contribution < 1.29 is 43.5 Å². The molecule has 5 rings (SSSR count). The van der Waals surface area contributed by atoms with Gasteiger partial charge in [-0.3, -0.25) is 14.4 Å². The zero-order valence-corrected chi connectivity index (χ0v) is 19.5. The van der Waals surface area contributed by atoms with Crippen molar-refractivity contribution in [2.45, 2.75) is 96.1 Å². The highest BCUT2D eigenvalue weighted by molar-refractivity contribution is 5.81. The SMILES string of the molecule is C[C@@H]1[C@H](OC(=O)CCC(=O)NCCCC(=O)O)O[C@H]2O[C@@]3(C)CC[C@H]4[C@H](C)CC[C@H]1[C@]24OO3. The van der Waals surface area contributed by atoms with Crippen LogP contribution in [0.25, 0.3) is 0 Å². The van der Waals surface area contributed by atoms with Gasteiger partial charge in [0.2, 0.25) is 18.0 Å². The molecule has 1 spiro atoms. The Bertz CT molecular complexity index is 775. The predicted octanol–water partition coefficient (Wildman–Crippen LogP) is 2.50. The van der Waals surface area contributed by atoms with Crippen molar-refractivity contribution >= 4 is 17.8 Å². The van der Waals surface area contributed by atoms with E-state index >= 15 is 0 Å². The van der Waals surface area contributed by atoms with E-state index in [2.05, 4.69) is 12.2 Å². The summed E-state index contributed by atoms with van der Waals surface area (Å²) in [5.74, 6) is -2.05. The molecule has 5 aliphatic rings. The van der Waals surface area contributed by atoms with Gasteiger partial charge in [-0.1, -0.05) is 13.8 Å². The number of ether oxygens (including phenoxy) is 3. The first kappa shape index (κ1) is 24.4. The monoisotopic (exact) mass is 469 g/mol. The molecule has 0 aromatic rings. The van der Waals surface area contributed by atoms with E-state index < -0.39 is 35.9 Å². The van der Waals surface area contributed by atoms with E-state index in [4.69, 9.17) is 29.1 Å². The van der Waals surface area contributed by atoms with Crippen molar-refractivity contribution in [2.75, 3.05) is 6.54 Å². The van der Waals surface area contributed by atoms with Gasteiger partial charge in [0.1, 0.15) is 0 Å². The molecule has 4 saturated heterocycles. The number of carbonyl (C=O) groups excluding carboxylic acids is 2. The lowest BCUT2D eigenvalue weighted by atomic mass is 9.58. The maximum absolute atomic E-state index is 12.5. The molecule has 33 heavy (non-hydrogen) atoms. The number of fused-ring (bicyclic) bond motifs is 2. The van der Waals surface area contributed by atoms with E-state index in [9.17, 15) is 14.4 Å². The minimum absolute atomic E-state index is 0.0153. The van der Waals surface area contributed by atoms with Crippen LogP contribution in [-0.2, 0) is 38.4 Å². The predicted molar refractivity (Wildman–Crippen MR) is 112 cm³/mol. The molecule has 10 heteroatoms. The maximum atomic E-state index is 12.5. The Morgan fingerprint density at radius 1 is 1.06 bits per heavy atom.